The Morgan fingerprint density at radius 2 is 1.15 bits per heavy atom. The molecule has 160 valence electrons. The van der Waals surface area contributed by atoms with E-state index in [1.54, 1.807) is 0 Å². The smallest absolute Gasteiger partial charge is 0.316 e. The number of hydrogen-bond acceptors (Lipinski definition) is 5. The van der Waals surface area contributed by atoms with Crippen molar-refractivity contribution in [3.05, 3.63) is 0 Å². The zero-order chi connectivity index (χ0) is 20.2. The molecule has 3 N–H and O–H groups in total. The van der Waals surface area contributed by atoms with Crippen molar-refractivity contribution in [2.24, 2.45) is 5.73 Å². The van der Waals surface area contributed by atoms with Crippen LogP contribution in [0.5, 0.6) is 0 Å². The molecule has 0 aliphatic carbocycles. The highest BCUT2D eigenvalue weighted by molar-refractivity contribution is 5.85. The van der Waals surface area contributed by atoms with Gasteiger partial charge in [-0.3, -0.25) is 9.59 Å². The Balaban J connectivity index is 3.26. The molecule has 0 heterocycles. The van der Waals surface area contributed by atoms with Gasteiger partial charge in [0, 0.05) is 13.0 Å². The first-order valence-electron chi connectivity index (χ1n) is 11.2. The van der Waals surface area contributed by atoms with E-state index in [0.29, 0.717) is 0 Å². The molecule has 0 bridgehead atoms. The summed E-state index contributed by atoms with van der Waals surface area (Å²) >= 11 is 0. The van der Waals surface area contributed by atoms with Crippen molar-refractivity contribution in [1.82, 2.24) is 0 Å². The highest BCUT2D eigenvalue weighted by Crippen LogP contribution is 2.13. The van der Waals surface area contributed by atoms with Crippen LogP contribution >= 0.6 is 0 Å². The largest absolute Gasteiger partial charge is 0.393 e. The fourth-order valence-electron chi connectivity index (χ4n) is 3.14. The highest BCUT2D eigenvalue weighted by atomic mass is 16.6. The molecular weight excluding hydrogens is 342 g/mol. The van der Waals surface area contributed by atoms with Gasteiger partial charge in [-0.15, -0.1) is 0 Å². The average molecular weight is 386 g/mol. The Kier molecular flexibility index (Phi) is 19.1. The predicted octanol–water partition coefficient (Wildman–Crippen LogP) is 5.03. The number of unbranched alkanes of at least 4 members (excludes halogenated alkanes) is 14. The molecular formula is C22H43NO4. The van der Waals surface area contributed by atoms with Gasteiger partial charge in [-0.25, -0.2) is 0 Å². The van der Waals surface area contributed by atoms with Crippen molar-refractivity contribution in [1.29, 1.82) is 0 Å². The Morgan fingerprint density at radius 3 is 1.56 bits per heavy atom. The number of rotatable bonds is 19. The molecule has 0 aliphatic heterocycles. The van der Waals surface area contributed by atoms with Gasteiger partial charge in [-0.2, -0.15) is 0 Å². The number of carbonyl (C=O) groups excluding carboxylic acids is 2. The normalized spacial score (nSPS) is 12.1. The van der Waals surface area contributed by atoms with Gasteiger partial charge < -0.3 is 15.6 Å². The van der Waals surface area contributed by atoms with Crippen LogP contribution in [0.4, 0.5) is 0 Å². The van der Waals surface area contributed by atoms with Gasteiger partial charge in [0.1, 0.15) is 0 Å². The number of hydrogen-bond donors (Lipinski definition) is 2. The lowest BCUT2D eigenvalue weighted by molar-refractivity contribution is -0.160. The van der Waals surface area contributed by atoms with Crippen LogP contribution in [-0.4, -0.2) is 29.7 Å². The second-order valence-corrected chi connectivity index (χ2v) is 7.64. The third kappa shape index (κ3) is 19.6. The fourth-order valence-corrected chi connectivity index (χ4v) is 3.14. The standard InChI is InChI=1S/C22H43NO4/c1-2-3-4-5-6-7-8-9-10-11-12-13-14-15-16-17-21(25)27-22(26)18-20(24)19-23/h20,24H,2-19,23H2,1H3. The number of aliphatic hydroxyl groups excluding tert-OH is 1. The minimum absolute atomic E-state index is 0.0116. The highest BCUT2D eigenvalue weighted by Gasteiger charge is 2.14. The SMILES string of the molecule is CCCCCCCCCCCCCCCCCC(=O)OC(=O)CC(O)CN. The van der Waals surface area contributed by atoms with E-state index in [1.165, 1.54) is 77.0 Å². The van der Waals surface area contributed by atoms with Crippen LogP contribution in [0.1, 0.15) is 116 Å². The van der Waals surface area contributed by atoms with E-state index in [9.17, 15) is 14.7 Å². The molecule has 0 radical (unpaired) electrons. The van der Waals surface area contributed by atoms with Gasteiger partial charge in [-0.1, -0.05) is 96.8 Å². The van der Waals surface area contributed by atoms with Crippen LogP contribution in [-0.2, 0) is 14.3 Å². The van der Waals surface area contributed by atoms with E-state index in [1.807, 2.05) is 0 Å². The second kappa shape index (κ2) is 19.8. The van der Waals surface area contributed by atoms with Gasteiger partial charge >= 0.3 is 11.9 Å². The Labute approximate surface area is 166 Å². The third-order valence-electron chi connectivity index (χ3n) is 4.89. The molecule has 0 spiro atoms. The Morgan fingerprint density at radius 1 is 0.741 bits per heavy atom. The number of esters is 2. The molecule has 0 aliphatic rings. The van der Waals surface area contributed by atoms with Crippen molar-refractivity contribution in [3.63, 3.8) is 0 Å². The summed E-state index contributed by atoms with van der Waals surface area (Å²) in [5.41, 5.74) is 5.21. The third-order valence-corrected chi connectivity index (χ3v) is 4.89. The molecule has 0 saturated heterocycles. The Hall–Kier alpha value is -0.940. The first-order valence-corrected chi connectivity index (χ1v) is 11.2. The van der Waals surface area contributed by atoms with Crippen molar-refractivity contribution >= 4 is 11.9 Å². The van der Waals surface area contributed by atoms with Crippen LogP contribution in [0, 0.1) is 0 Å². The van der Waals surface area contributed by atoms with Crippen LogP contribution in [0.15, 0.2) is 0 Å². The topological polar surface area (TPSA) is 89.6 Å². The van der Waals surface area contributed by atoms with Crippen LogP contribution in [0.3, 0.4) is 0 Å². The number of aliphatic hydroxyl groups is 1. The maximum Gasteiger partial charge on any atom is 0.316 e. The summed E-state index contributed by atoms with van der Waals surface area (Å²) in [7, 11) is 0. The van der Waals surface area contributed by atoms with Crippen molar-refractivity contribution in [2.75, 3.05) is 6.54 Å². The molecule has 0 aromatic rings. The predicted molar refractivity (Wildman–Crippen MR) is 110 cm³/mol. The van der Waals surface area contributed by atoms with Crippen molar-refractivity contribution < 1.29 is 19.4 Å². The molecule has 0 aromatic carbocycles. The molecule has 0 saturated carbocycles. The maximum atomic E-state index is 11.5. The summed E-state index contributed by atoms with van der Waals surface area (Å²) in [6.07, 6.45) is 18.2. The first-order chi connectivity index (χ1) is 13.1. The maximum absolute atomic E-state index is 11.5. The lowest BCUT2D eigenvalue weighted by Gasteiger charge is -2.06. The van der Waals surface area contributed by atoms with Gasteiger partial charge in [0.25, 0.3) is 0 Å². The number of nitrogens with two attached hydrogens (primary N) is 1. The zero-order valence-electron chi connectivity index (χ0n) is 17.6. The van der Waals surface area contributed by atoms with E-state index in [4.69, 9.17) is 5.73 Å². The van der Waals surface area contributed by atoms with Gasteiger partial charge in [0.2, 0.25) is 0 Å². The van der Waals surface area contributed by atoms with E-state index in [0.717, 1.165) is 19.3 Å². The average Bonchev–Trinajstić information content (AvgIpc) is 2.64. The second-order valence-electron chi connectivity index (χ2n) is 7.64. The minimum Gasteiger partial charge on any atom is -0.393 e. The van der Waals surface area contributed by atoms with Crippen LogP contribution in [0.25, 0.3) is 0 Å². The summed E-state index contributed by atoms with van der Waals surface area (Å²) in [5, 5.41) is 9.22. The lowest BCUT2D eigenvalue weighted by Crippen LogP contribution is -2.25. The van der Waals surface area contributed by atoms with E-state index in [2.05, 4.69) is 11.7 Å². The molecule has 27 heavy (non-hydrogen) atoms. The molecule has 1 unspecified atom stereocenters. The molecule has 0 amide bonds. The lowest BCUT2D eigenvalue weighted by atomic mass is 10.0. The van der Waals surface area contributed by atoms with Gasteiger partial charge in [0.05, 0.1) is 12.5 Å². The molecule has 0 rings (SSSR count). The number of ether oxygens (including phenoxy) is 1. The van der Waals surface area contributed by atoms with Crippen LogP contribution < -0.4 is 5.73 Å². The summed E-state index contributed by atoms with van der Waals surface area (Å²) in [4.78, 5) is 22.8. The molecule has 1 atom stereocenters. The summed E-state index contributed by atoms with van der Waals surface area (Å²) < 4.78 is 4.65. The van der Waals surface area contributed by atoms with Gasteiger partial charge in [-0.05, 0) is 6.42 Å². The molecule has 5 heteroatoms. The quantitative estimate of drug-likeness (QED) is 0.185. The van der Waals surface area contributed by atoms with E-state index >= 15 is 0 Å². The van der Waals surface area contributed by atoms with Crippen molar-refractivity contribution in [2.45, 2.75) is 122 Å². The summed E-state index contributed by atoms with van der Waals surface area (Å²) in [6, 6.07) is 0. The number of carbonyl (C=O) groups is 2. The minimum atomic E-state index is -0.934. The Bertz CT molecular complexity index is 360. The molecule has 0 aromatic heterocycles. The fraction of sp³-hybridized carbons (Fsp3) is 0.909. The molecule has 0 fully saturated rings. The molecule has 5 nitrogen and oxygen atoms in total. The summed E-state index contributed by atoms with van der Waals surface area (Å²) in [5.74, 6) is -1.20. The van der Waals surface area contributed by atoms with E-state index < -0.39 is 18.0 Å². The first kappa shape index (κ1) is 26.1. The van der Waals surface area contributed by atoms with Crippen LogP contribution in [0.2, 0.25) is 0 Å². The zero-order valence-corrected chi connectivity index (χ0v) is 17.6. The monoisotopic (exact) mass is 385 g/mol. The van der Waals surface area contributed by atoms with Gasteiger partial charge in [0.15, 0.2) is 0 Å². The van der Waals surface area contributed by atoms with Crippen molar-refractivity contribution in [3.8, 4) is 0 Å². The van der Waals surface area contributed by atoms with E-state index in [-0.39, 0.29) is 19.4 Å². The summed E-state index contributed by atoms with van der Waals surface area (Å²) in [6.45, 7) is 2.25.